The molecule has 1 unspecified atom stereocenters. The Bertz CT molecular complexity index is 530. The van der Waals surface area contributed by atoms with Crippen LogP contribution in [0.2, 0.25) is 0 Å². The molecule has 0 amide bonds. The molecule has 0 spiro atoms. The molecule has 1 aromatic rings. The van der Waals surface area contributed by atoms with Crippen molar-refractivity contribution in [1.29, 1.82) is 0 Å². The van der Waals surface area contributed by atoms with E-state index in [-0.39, 0.29) is 12.5 Å². The maximum absolute atomic E-state index is 12.8. The van der Waals surface area contributed by atoms with Crippen LogP contribution in [0.25, 0.3) is 0 Å². The molecule has 1 aliphatic heterocycles. The highest BCUT2D eigenvalue weighted by Gasteiger charge is 2.61. The molecule has 0 bridgehead atoms. The lowest BCUT2D eigenvalue weighted by atomic mass is 9.91. The average Bonchev–Trinajstić information content (AvgIpc) is 2.53. The number of hydrogen-bond acceptors (Lipinski definition) is 5. The molecular formula is C14H17F5N2O3. The third-order valence-electron chi connectivity index (χ3n) is 3.89. The van der Waals surface area contributed by atoms with Crippen LogP contribution < -0.4 is 9.64 Å². The van der Waals surface area contributed by atoms with E-state index in [1.54, 1.807) is 0 Å². The monoisotopic (exact) mass is 356 g/mol. The second-order valence-corrected chi connectivity index (χ2v) is 5.54. The number of hydrogen-bond donors (Lipinski definition) is 2. The van der Waals surface area contributed by atoms with E-state index in [0.717, 1.165) is 12.3 Å². The number of pyridine rings is 1. The first-order chi connectivity index (χ1) is 11.1. The zero-order valence-electron chi connectivity index (χ0n) is 12.5. The molecule has 0 aromatic carbocycles. The fourth-order valence-corrected chi connectivity index (χ4v) is 2.49. The normalized spacial score (nSPS) is 18.5. The summed E-state index contributed by atoms with van der Waals surface area (Å²) < 4.78 is 65.5. The summed E-state index contributed by atoms with van der Waals surface area (Å²) >= 11 is 0. The Kier molecular flexibility index (Phi) is 5.49. The van der Waals surface area contributed by atoms with Crippen molar-refractivity contribution >= 4 is 5.82 Å². The lowest BCUT2D eigenvalue weighted by molar-refractivity contribution is -0.360. The van der Waals surface area contributed by atoms with Crippen LogP contribution in [0.15, 0.2) is 18.3 Å². The van der Waals surface area contributed by atoms with E-state index in [1.165, 1.54) is 6.07 Å². The molecule has 2 heterocycles. The predicted molar refractivity (Wildman–Crippen MR) is 73.9 cm³/mol. The van der Waals surface area contributed by atoms with Gasteiger partial charge in [0.1, 0.15) is 11.6 Å². The van der Waals surface area contributed by atoms with Crippen LogP contribution in [0.3, 0.4) is 0 Å². The van der Waals surface area contributed by atoms with Crippen LogP contribution in [-0.2, 0) is 0 Å². The predicted octanol–water partition coefficient (Wildman–Crippen LogP) is 2.19. The Morgan fingerprint density at radius 1 is 1.21 bits per heavy atom. The van der Waals surface area contributed by atoms with Crippen molar-refractivity contribution in [2.24, 2.45) is 5.92 Å². The van der Waals surface area contributed by atoms with Crippen molar-refractivity contribution in [1.82, 2.24) is 4.98 Å². The second kappa shape index (κ2) is 7.06. The molecule has 2 rings (SSSR count). The number of nitrogens with zero attached hydrogens (tertiary/aromatic N) is 2. The van der Waals surface area contributed by atoms with Crippen molar-refractivity contribution in [2.75, 3.05) is 24.6 Å². The number of piperidine rings is 1. The Hall–Kier alpha value is -1.68. The molecule has 10 heteroatoms. The van der Waals surface area contributed by atoms with Gasteiger partial charge in [-0.25, -0.2) is 4.98 Å². The van der Waals surface area contributed by atoms with Gasteiger partial charge in [-0.05, 0) is 30.9 Å². The Morgan fingerprint density at radius 3 is 2.29 bits per heavy atom. The smallest absolute Gasteiger partial charge is 0.424 e. The van der Waals surface area contributed by atoms with Gasteiger partial charge in [0, 0.05) is 13.1 Å². The number of ether oxygens (including phenoxy) is 1. The van der Waals surface area contributed by atoms with Gasteiger partial charge >= 0.3 is 12.3 Å². The molecule has 5 nitrogen and oxygen atoms in total. The van der Waals surface area contributed by atoms with E-state index in [2.05, 4.69) is 9.72 Å². The number of aliphatic hydroxyl groups is 2. The largest absolute Gasteiger partial charge is 0.499 e. The Labute approximate surface area is 134 Å². The first-order valence-electron chi connectivity index (χ1n) is 7.27. The highest BCUT2D eigenvalue weighted by molar-refractivity contribution is 5.41. The quantitative estimate of drug-likeness (QED) is 0.792. The summed E-state index contributed by atoms with van der Waals surface area (Å²) in [7, 11) is 0. The molecule has 1 saturated heterocycles. The molecular weight excluding hydrogens is 339 g/mol. The fourth-order valence-electron chi connectivity index (χ4n) is 2.49. The summed E-state index contributed by atoms with van der Waals surface area (Å²) in [6, 6.07) is 2.29. The summed E-state index contributed by atoms with van der Waals surface area (Å²) in [5.74, 6) is -0.319. The van der Waals surface area contributed by atoms with E-state index in [0.29, 0.717) is 31.7 Å². The minimum Gasteiger partial charge on any atom is -0.424 e. The topological polar surface area (TPSA) is 65.8 Å². The highest BCUT2D eigenvalue weighted by atomic mass is 19.4. The Morgan fingerprint density at radius 2 is 1.83 bits per heavy atom. The van der Waals surface area contributed by atoms with Gasteiger partial charge < -0.3 is 19.8 Å². The summed E-state index contributed by atoms with van der Waals surface area (Å²) in [4.78, 5) is 5.66. The van der Waals surface area contributed by atoms with Gasteiger partial charge in [0.05, 0.1) is 18.9 Å². The SMILES string of the molecule is OCC(O)C1CCN(c2ccc(OC(F)(F)C(F)(F)F)cn2)CC1. The minimum atomic E-state index is -5.80. The molecule has 0 saturated carbocycles. The van der Waals surface area contributed by atoms with Crippen LogP contribution in [-0.4, -0.2) is 53.3 Å². The van der Waals surface area contributed by atoms with Gasteiger partial charge in [-0.15, -0.1) is 0 Å². The molecule has 0 aliphatic carbocycles. The van der Waals surface area contributed by atoms with Gasteiger partial charge in [-0.3, -0.25) is 0 Å². The third-order valence-corrected chi connectivity index (χ3v) is 3.89. The molecule has 1 atom stereocenters. The van der Waals surface area contributed by atoms with Crippen molar-refractivity contribution in [2.45, 2.75) is 31.2 Å². The number of rotatable bonds is 5. The molecule has 1 fully saturated rings. The van der Waals surface area contributed by atoms with E-state index < -0.39 is 24.1 Å². The second-order valence-electron chi connectivity index (χ2n) is 5.54. The molecule has 0 radical (unpaired) electrons. The van der Waals surface area contributed by atoms with Crippen LogP contribution in [0.1, 0.15) is 12.8 Å². The first-order valence-corrected chi connectivity index (χ1v) is 7.27. The summed E-state index contributed by atoms with van der Waals surface area (Å²) in [5.41, 5.74) is 0. The number of aromatic nitrogens is 1. The van der Waals surface area contributed by atoms with Gasteiger partial charge in [0.25, 0.3) is 0 Å². The average molecular weight is 356 g/mol. The lowest BCUT2D eigenvalue weighted by Gasteiger charge is -2.34. The highest BCUT2D eigenvalue weighted by Crippen LogP contribution is 2.37. The van der Waals surface area contributed by atoms with Gasteiger partial charge in [-0.1, -0.05) is 0 Å². The number of anilines is 1. The zero-order valence-corrected chi connectivity index (χ0v) is 12.5. The van der Waals surface area contributed by atoms with Gasteiger partial charge in [0.15, 0.2) is 0 Å². The maximum Gasteiger partial charge on any atom is 0.499 e. The van der Waals surface area contributed by atoms with Crippen molar-refractivity contribution in [3.05, 3.63) is 18.3 Å². The summed E-state index contributed by atoms with van der Waals surface area (Å²) in [6.45, 7) is 0.726. The van der Waals surface area contributed by atoms with Crippen LogP contribution in [0.4, 0.5) is 27.8 Å². The molecule has 1 aromatic heterocycles. The Balaban J connectivity index is 1.96. The standard InChI is InChI=1S/C14H17F5N2O3/c15-13(16,17)14(18,19)24-10-1-2-12(20-7-10)21-5-3-9(4-6-21)11(23)8-22/h1-2,7,9,11,22-23H,3-6,8H2. The minimum absolute atomic E-state index is 0.0423. The number of aliphatic hydroxyl groups excluding tert-OH is 2. The van der Waals surface area contributed by atoms with E-state index in [9.17, 15) is 27.1 Å². The molecule has 1 aliphatic rings. The van der Waals surface area contributed by atoms with Crippen LogP contribution in [0.5, 0.6) is 5.75 Å². The van der Waals surface area contributed by atoms with Gasteiger partial charge in [-0.2, -0.15) is 22.0 Å². The number of alkyl halides is 5. The zero-order chi connectivity index (χ0) is 18.0. The summed E-state index contributed by atoms with van der Waals surface area (Å²) in [6.07, 6.45) is -9.86. The van der Waals surface area contributed by atoms with Gasteiger partial charge in [0.2, 0.25) is 0 Å². The third kappa shape index (κ3) is 4.23. The van der Waals surface area contributed by atoms with Crippen molar-refractivity contribution < 1.29 is 36.9 Å². The first kappa shape index (κ1) is 18.7. The van der Waals surface area contributed by atoms with E-state index in [4.69, 9.17) is 5.11 Å². The van der Waals surface area contributed by atoms with E-state index in [1.807, 2.05) is 4.90 Å². The summed E-state index contributed by atoms with van der Waals surface area (Å²) in [5, 5.41) is 18.5. The van der Waals surface area contributed by atoms with Crippen LogP contribution >= 0.6 is 0 Å². The molecule has 136 valence electrons. The molecule has 24 heavy (non-hydrogen) atoms. The van der Waals surface area contributed by atoms with Crippen molar-refractivity contribution in [3.63, 3.8) is 0 Å². The molecule has 2 N–H and O–H groups in total. The fraction of sp³-hybridized carbons (Fsp3) is 0.643. The lowest BCUT2D eigenvalue weighted by Crippen LogP contribution is -2.42. The maximum atomic E-state index is 12.8. The van der Waals surface area contributed by atoms with Crippen molar-refractivity contribution in [3.8, 4) is 5.75 Å². The van der Waals surface area contributed by atoms with Crippen LogP contribution in [0, 0.1) is 5.92 Å². The van der Waals surface area contributed by atoms with E-state index >= 15 is 0 Å². The number of halogens is 5.